The zero-order chi connectivity index (χ0) is 20.9. The van der Waals surface area contributed by atoms with Crippen LogP contribution in [0.4, 0.5) is 15.9 Å². The molecule has 6 heteroatoms. The minimum Gasteiger partial charge on any atom is -0.368 e. The van der Waals surface area contributed by atoms with Gasteiger partial charge >= 0.3 is 0 Å². The summed E-state index contributed by atoms with van der Waals surface area (Å²) in [5.74, 6) is 0.0312. The number of halogens is 1. The van der Waals surface area contributed by atoms with E-state index in [1.54, 1.807) is 12.1 Å². The molecule has 1 amide bonds. The Balaban J connectivity index is 1.52. The minimum atomic E-state index is -0.307. The van der Waals surface area contributed by atoms with E-state index >= 15 is 0 Å². The van der Waals surface area contributed by atoms with E-state index in [-0.39, 0.29) is 22.8 Å². The largest absolute Gasteiger partial charge is 0.368 e. The molecule has 0 saturated carbocycles. The average Bonchev–Trinajstić information content (AvgIpc) is 2.70. The highest BCUT2D eigenvalue weighted by Gasteiger charge is 2.14. The van der Waals surface area contributed by atoms with Gasteiger partial charge in [-0.1, -0.05) is 45.0 Å². The van der Waals surface area contributed by atoms with Crippen molar-refractivity contribution in [1.82, 2.24) is 9.97 Å². The van der Waals surface area contributed by atoms with Crippen LogP contribution in [-0.2, 0) is 11.8 Å². The summed E-state index contributed by atoms with van der Waals surface area (Å²) in [5.41, 5.74) is 3.25. The molecule has 0 spiro atoms. The Kier molecular flexibility index (Phi) is 6.22. The first-order chi connectivity index (χ1) is 13.8. The summed E-state index contributed by atoms with van der Waals surface area (Å²) in [6, 6.07) is 14.2. The van der Waals surface area contributed by atoms with Gasteiger partial charge in [0.2, 0.25) is 0 Å². The molecule has 0 unspecified atom stereocenters. The van der Waals surface area contributed by atoms with Crippen molar-refractivity contribution in [2.24, 2.45) is 0 Å². The van der Waals surface area contributed by atoms with Crippen LogP contribution in [0.5, 0.6) is 0 Å². The fourth-order valence-corrected chi connectivity index (χ4v) is 2.77. The molecule has 2 aromatic carbocycles. The van der Waals surface area contributed by atoms with Gasteiger partial charge in [-0.2, -0.15) is 0 Å². The molecule has 5 nitrogen and oxygen atoms in total. The molecule has 1 aromatic heterocycles. The van der Waals surface area contributed by atoms with Crippen LogP contribution in [0, 0.1) is 5.82 Å². The average molecular weight is 392 g/mol. The molecule has 2 N–H and O–H groups in total. The SMILES string of the molecule is CC(C)(C)c1ccc(NC(=O)c2cnc(NCCc3ccc(F)cc3)cn2)cc1. The monoisotopic (exact) mass is 392 g/mol. The van der Waals surface area contributed by atoms with Crippen LogP contribution in [0.3, 0.4) is 0 Å². The van der Waals surface area contributed by atoms with E-state index in [9.17, 15) is 9.18 Å². The molecule has 3 rings (SSSR count). The number of amides is 1. The molecule has 0 radical (unpaired) electrons. The Morgan fingerprint density at radius 3 is 2.24 bits per heavy atom. The third-order valence-electron chi connectivity index (χ3n) is 4.53. The van der Waals surface area contributed by atoms with Gasteiger partial charge in [0.25, 0.3) is 5.91 Å². The van der Waals surface area contributed by atoms with E-state index in [1.165, 1.54) is 30.1 Å². The summed E-state index contributed by atoms with van der Waals surface area (Å²) in [7, 11) is 0. The van der Waals surface area contributed by atoms with Crippen LogP contribution in [-0.4, -0.2) is 22.4 Å². The molecule has 0 aliphatic heterocycles. The van der Waals surface area contributed by atoms with Crippen LogP contribution in [0.25, 0.3) is 0 Å². The highest BCUT2D eigenvalue weighted by Crippen LogP contribution is 2.23. The number of hydrogen-bond donors (Lipinski definition) is 2. The second kappa shape index (κ2) is 8.82. The molecule has 3 aromatic rings. The molecular formula is C23H25FN4O. The molecule has 29 heavy (non-hydrogen) atoms. The van der Waals surface area contributed by atoms with Crippen molar-refractivity contribution in [2.45, 2.75) is 32.6 Å². The van der Waals surface area contributed by atoms with Gasteiger partial charge in [0, 0.05) is 12.2 Å². The van der Waals surface area contributed by atoms with Crippen LogP contribution in [0.2, 0.25) is 0 Å². The van der Waals surface area contributed by atoms with Crippen molar-refractivity contribution >= 4 is 17.4 Å². The van der Waals surface area contributed by atoms with Gasteiger partial charge in [-0.3, -0.25) is 4.79 Å². The number of rotatable bonds is 6. The lowest BCUT2D eigenvalue weighted by Gasteiger charge is -2.19. The van der Waals surface area contributed by atoms with Crippen LogP contribution < -0.4 is 10.6 Å². The lowest BCUT2D eigenvalue weighted by Crippen LogP contribution is -2.15. The van der Waals surface area contributed by atoms with Crippen molar-refractivity contribution in [2.75, 3.05) is 17.2 Å². The van der Waals surface area contributed by atoms with E-state index in [2.05, 4.69) is 41.4 Å². The second-order valence-corrected chi connectivity index (χ2v) is 7.87. The molecule has 0 aliphatic carbocycles. The van der Waals surface area contributed by atoms with Crippen molar-refractivity contribution in [3.8, 4) is 0 Å². The third kappa shape index (κ3) is 5.85. The van der Waals surface area contributed by atoms with Gasteiger partial charge in [0.1, 0.15) is 17.3 Å². The maximum atomic E-state index is 12.9. The van der Waals surface area contributed by atoms with Crippen LogP contribution in [0.15, 0.2) is 60.9 Å². The molecule has 150 valence electrons. The summed E-state index contributed by atoms with van der Waals surface area (Å²) in [4.78, 5) is 20.8. The molecule has 0 bridgehead atoms. The Morgan fingerprint density at radius 1 is 0.966 bits per heavy atom. The maximum Gasteiger partial charge on any atom is 0.275 e. The smallest absolute Gasteiger partial charge is 0.275 e. The van der Waals surface area contributed by atoms with E-state index < -0.39 is 0 Å². The Labute approximate surface area is 170 Å². The maximum absolute atomic E-state index is 12.9. The summed E-state index contributed by atoms with van der Waals surface area (Å²) in [6.45, 7) is 7.06. The molecule has 0 fully saturated rings. The number of nitrogens with zero attached hydrogens (tertiary/aromatic N) is 2. The van der Waals surface area contributed by atoms with Gasteiger partial charge in [-0.05, 0) is 47.2 Å². The van der Waals surface area contributed by atoms with Crippen LogP contribution in [0.1, 0.15) is 42.4 Å². The Hall–Kier alpha value is -3.28. The van der Waals surface area contributed by atoms with Gasteiger partial charge in [0.15, 0.2) is 0 Å². The second-order valence-electron chi connectivity index (χ2n) is 7.87. The van der Waals surface area contributed by atoms with Crippen molar-refractivity contribution in [3.63, 3.8) is 0 Å². The summed E-state index contributed by atoms with van der Waals surface area (Å²) >= 11 is 0. The van der Waals surface area contributed by atoms with Gasteiger partial charge in [0.05, 0.1) is 12.4 Å². The topological polar surface area (TPSA) is 66.9 Å². The standard InChI is InChI=1S/C23H25FN4O/c1-23(2,3)17-6-10-19(11-7-17)28-22(29)20-14-27-21(15-26-20)25-13-12-16-4-8-18(24)9-5-16/h4-11,14-15H,12-13H2,1-3H3,(H,25,27)(H,28,29). The predicted octanol–water partition coefficient (Wildman–Crippen LogP) is 4.82. The number of benzene rings is 2. The first-order valence-electron chi connectivity index (χ1n) is 9.53. The molecule has 0 saturated heterocycles. The fraction of sp³-hybridized carbons (Fsp3) is 0.261. The minimum absolute atomic E-state index is 0.0630. The third-order valence-corrected chi connectivity index (χ3v) is 4.53. The quantitative estimate of drug-likeness (QED) is 0.631. The van der Waals surface area contributed by atoms with Crippen molar-refractivity contribution in [1.29, 1.82) is 0 Å². The summed E-state index contributed by atoms with van der Waals surface area (Å²) in [5, 5.41) is 5.98. The number of carbonyl (C=O) groups is 1. The van der Waals surface area contributed by atoms with Gasteiger partial charge in [-0.25, -0.2) is 14.4 Å². The molecule has 1 heterocycles. The van der Waals surface area contributed by atoms with Crippen LogP contribution >= 0.6 is 0 Å². The van der Waals surface area contributed by atoms with E-state index in [0.717, 1.165) is 12.0 Å². The number of anilines is 2. The normalized spacial score (nSPS) is 11.2. The van der Waals surface area contributed by atoms with Crippen molar-refractivity contribution < 1.29 is 9.18 Å². The first-order valence-corrected chi connectivity index (χ1v) is 9.53. The molecule has 0 aliphatic rings. The van der Waals surface area contributed by atoms with Gasteiger partial charge < -0.3 is 10.6 Å². The zero-order valence-electron chi connectivity index (χ0n) is 16.9. The molecular weight excluding hydrogens is 367 g/mol. The number of hydrogen-bond acceptors (Lipinski definition) is 4. The van der Waals surface area contributed by atoms with Gasteiger partial charge in [-0.15, -0.1) is 0 Å². The lowest BCUT2D eigenvalue weighted by atomic mass is 9.87. The zero-order valence-corrected chi connectivity index (χ0v) is 16.9. The van der Waals surface area contributed by atoms with E-state index in [4.69, 9.17) is 0 Å². The summed E-state index contributed by atoms with van der Waals surface area (Å²) in [6.07, 6.45) is 3.70. The van der Waals surface area contributed by atoms with E-state index in [1.807, 2.05) is 24.3 Å². The number of aromatic nitrogens is 2. The van der Waals surface area contributed by atoms with E-state index in [0.29, 0.717) is 18.1 Å². The highest BCUT2D eigenvalue weighted by molar-refractivity contribution is 6.02. The Morgan fingerprint density at radius 2 is 1.66 bits per heavy atom. The number of nitrogens with one attached hydrogen (secondary N) is 2. The van der Waals surface area contributed by atoms with Crippen molar-refractivity contribution in [3.05, 3.63) is 83.6 Å². The molecule has 0 atom stereocenters. The number of carbonyl (C=O) groups excluding carboxylic acids is 1. The fourth-order valence-electron chi connectivity index (χ4n) is 2.77. The first kappa shape index (κ1) is 20.5. The predicted molar refractivity (Wildman–Crippen MR) is 114 cm³/mol. The summed E-state index contributed by atoms with van der Waals surface area (Å²) < 4.78 is 12.9. The highest BCUT2D eigenvalue weighted by atomic mass is 19.1. The lowest BCUT2D eigenvalue weighted by molar-refractivity contribution is 0.102. The Bertz CT molecular complexity index is 946.